The molecule has 8 nitrogen and oxygen atoms in total. The predicted molar refractivity (Wildman–Crippen MR) is 101 cm³/mol. The van der Waals surface area contributed by atoms with Crippen molar-refractivity contribution in [1.29, 1.82) is 5.26 Å². The summed E-state index contributed by atoms with van der Waals surface area (Å²) in [7, 11) is 3.83. The molecule has 2 rings (SSSR count). The summed E-state index contributed by atoms with van der Waals surface area (Å²) < 4.78 is 20.4. The van der Waals surface area contributed by atoms with Crippen LogP contribution in [0.15, 0.2) is 47.4 Å². The van der Waals surface area contributed by atoms with E-state index in [0.29, 0.717) is 17.1 Å². The zero-order valence-corrected chi connectivity index (χ0v) is 15.8. The van der Waals surface area contributed by atoms with Crippen LogP contribution in [-0.2, 0) is 19.1 Å². The third kappa shape index (κ3) is 3.83. The molecule has 0 bridgehead atoms. The monoisotopic (exact) mass is 384 g/mol. The van der Waals surface area contributed by atoms with Crippen LogP contribution in [-0.4, -0.2) is 38.8 Å². The van der Waals surface area contributed by atoms with Gasteiger partial charge in [-0.25, -0.2) is 9.59 Å². The van der Waals surface area contributed by atoms with E-state index in [1.165, 1.54) is 12.1 Å². The van der Waals surface area contributed by atoms with E-state index in [1.54, 1.807) is 31.4 Å². The van der Waals surface area contributed by atoms with Crippen molar-refractivity contribution in [3.63, 3.8) is 0 Å². The zero-order chi connectivity index (χ0) is 20.7. The lowest BCUT2D eigenvalue weighted by atomic mass is 9.95. The van der Waals surface area contributed by atoms with Crippen molar-refractivity contribution >= 4 is 17.8 Å². The number of carbonyl (C=O) groups excluding carboxylic acids is 2. The molecule has 0 aliphatic rings. The summed E-state index contributed by atoms with van der Waals surface area (Å²) in [5.74, 6) is -0.832. The van der Waals surface area contributed by atoms with Crippen LogP contribution in [0.4, 0.5) is 5.88 Å². The van der Waals surface area contributed by atoms with Crippen molar-refractivity contribution in [2.24, 2.45) is 0 Å². The fourth-order valence-electron chi connectivity index (χ4n) is 2.63. The van der Waals surface area contributed by atoms with E-state index < -0.39 is 17.5 Å². The smallest absolute Gasteiger partial charge is 0.343 e. The maximum Gasteiger partial charge on any atom is 0.343 e. The number of carbonyl (C=O) groups is 2. The molecule has 0 fully saturated rings. The number of esters is 2. The standard InChI is InChI=1S/C20H20N2O6/c1-5-10-20(18(23)26-3,19(24)27-4)22-17-14(12-21)11-16(28-17)13-6-8-15(25-2)9-7-13/h5-9,11,22H,1,10H2,2-4H3. The first-order valence-corrected chi connectivity index (χ1v) is 8.20. The number of rotatable bonds is 8. The second kappa shape index (κ2) is 8.77. The fraction of sp³-hybridized carbons (Fsp3) is 0.250. The van der Waals surface area contributed by atoms with Crippen molar-refractivity contribution in [3.8, 4) is 23.1 Å². The maximum atomic E-state index is 12.4. The number of anilines is 1. The van der Waals surface area contributed by atoms with Gasteiger partial charge in [-0.2, -0.15) is 5.26 Å². The molecule has 28 heavy (non-hydrogen) atoms. The van der Waals surface area contributed by atoms with Crippen molar-refractivity contribution in [1.82, 2.24) is 0 Å². The highest BCUT2D eigenvalue weighted by Gasteiger charge is 2.49. The molecular formula is C20H20N2O6. The fourth-order valence-corrected chi connectivity index (χ4v) is 2.63. The lowest BCUT2D eigenvalue weighted by Crippen LogP contribution is -2.54. The Kier molecular flexibility index (Phi) is 6.45. The number of benzene rings is 1. The second-order valence-electron chi connectivity index (χ2n) is 5.70. The molecule has 0 saturated carbocycles. The Morgan fingerprint density at radius 2 is 1.82 bits per heavy atom. The minimum atomic E-state index is -1.94. The van der Waals surface area contributed by atoms with Crippen LogP contribution in [0.25, 0.3) is 11.3 Å². The molecule has 0 saturated heterocycles. The summed E-state index contributed by atoms with van der Waals surface area (Å²) >= 11 is 0. The number of hydrogen-bond donors (Lipinski definition) is 1. The molecule has 146 valence electrons. The first kappa shape index (κ1) is 20.6. The first-order valence-electron chi connectivity index (χ1n) is 8.20. The number of nitrogens with one attached hydrogen (secondary N) is 1. The Morgan fingerprint density at radius 3 is 2.29 bits per heavy atom. The third-order valence-corrected chi connectivity index (χ3v) is 4.07. The Bertz CT molecular complexity index is 892. The highest BCUT2D eigenvalue weighted by molar-refractivity contribution is 6.08. The van der Waals surface area contributed by atoms with Gasteiger partial charge in [-0.05, 0) is 24.3 Å². The Morgan fingerprint density at radius 1 is 1.21 bits per heavy atom. The Balaban J connectivity index is 2.51. The van der Waals surface area contributed by atoms with Crippen molar-refractivity contribution in [3.05, 3.63) is 48.6 Å². The molecule has 2 aromatic rings. The summed E-state index contributed by atoms with van der Waals surface area (Å²) in [6.45, 7) is 3.57. The minimum absolute atomic E-state index is 0.0639. The van der Waals surface area contributed by atoms with E-state index in [4.69, 9.17) is 18.6 Å². The highest BCUT2D eigenvalue weighted by Crippen LogP contribution is 2.33. The van der Waals surface area contributed by atoms with Gasteiger partial charge in [0.25, 0.3) is 0 Å². The lowest BCUT2D eigenvalue weighted by molar-refractivity contribution is -0.159. The number of methoxy groups -OCH3 is 3. The summed E-state index contributed by atoms with van der Waals surface area (Å²) in [6, 6.07) is 10.4. The minimum Gasteiger partial charge on any atom is -0.497 e. The number of ether oxygens (including phenoxy) is 3. The first-order chi connectivity index (χ1) is 13.4. The van der Waals surface area contributed by atoms with Gasteiger partial charge in [0.1, 0.15) is 23.1 Å². The van der Waals surface area contributed by atoms with Crippen LogP contribution in [0.1, 0.15) is 12.0 Å². The molecule has 1 heterocycles. The predicted octanol–water partition coefficient (Wildman–Crippen LogP) is 2.90. The Labute approximate surface area is 162 Å². The van der Waals surface area contributed by atoms with Gasteiger partial charge in [0, 0.05) is 18.1 Å². The van der Waals surface area contributed by atoms with Crippen LogP contribution in [0, 0.1) is 11.3 Å². The lowest BCUT2D eigenvalue weighted by Gasteiger charge is -2.27. The number of nitrogens with zero attached hydrogens (tertiary/aromatic N) is 1. The quantitative estimate of drug-likeness (QED) is 0.420. The topological polar surface area (TPSA) is 111 Å². The van der Waals surface area contributed by atoms with Gasteiger partial charge >= 0.3 is 11.9 Å². The molecule has 1 aromatic carbocycles. The summed E-state index contributed by atoms with van der Waals surface area (Å²) in [5.41, 5.74) is -1.16. The van der Waals surface area contributed by atoms with E-state index in [0.717, 1.165) is 14.2 Å². The van der Waals surface area contributed by atoms with E-state index in [2.05, 4.69) is 11.9 Å². The number of hydrogen-bond acceptors (Lipinski definition) is 8. The van der Waals surface area contributed by atoms with Crippen molar-refractivity contribution in [2.45, 2.75) is 12.0 Å². The molecule has 0 radical (unpaired) electrons. The molecule has 0 aliphatic carbocycles. The average molecular weight is 384 g/mol. The highest BCUT2D eigenvalue weighted by atomic mass is 16.5. The largest absolute Gasteiger partial charge is 0.497 e. The van der Waals surface area contributed by atoms with Gasteiger partial charge in [-0.3, -0.25) is 0 Å². The number of nitriles is 1. The maximum absolute atomic E-state index is 12.4. The molecular weight excluding hydrogens is 364 g/mol. The van der Waals surface area contributed by atoms with E-state index in [-0.39, 0.29) is 17.9 Å². The van der Waals surface area contributed by atoms with Crippen LogP contribution in [0.3, 0.4) is 0 Å². The van der Waals surface area contributed by atoms with Crippen LogP contribution >= 0.6 is 0 Å². The van der Waals surface area contributed by atoms with E-state index >= 15 is 0 Å². The summed E-state index contributed by atoms with van der Waals surface area (Å²) in [4.78, 5) is 24.8. The summed E-state index contributed by atoms with van der Waals surface area (Å²) in [6.07, 6.45) is 1.22. The molecule has 1 aromatic heterocycles. The van der Waals surface area contributed by atoms with Crippen LogP contribution in [0.5, 0.6) is 5.75 Å². The van der Waals surface area contributed by atoms with Crippen LogP contribution in [0.2, 0.25) is 0 Å². The van der Waals surface area contributed by atoms with Gasteiger partial charge in [0.2, 0.25) is 11.4 Å². The van der Waals surface area contributed by atoms with E-state index in [1.807, 2.05) is 6.07 Å². The van der Waals surface area contributed by atoms with Crippen molar-refractivity contribution in [2.75, 3.05) is 26.6 Å². The molecule has 8 heteroatoms. The molecule has 1 N–H and O–H groups in total. The van der Waals surface area contributed by atoms with Gasteiger partial charge < -0.3 is 23.9 Å². The van der Waals surface area contributed by atoms with Crippen molar-refractivity contribution < 1.29 is 28.2 Å². The van der Waals surface area contributed by atoms with Gasteiger partial charge in [0.15, 0.2) is 0 Å². The molecule has 0 amide bonds. The van der Waals surface area contributed by atoms with Crippen LogP contribution < -0.4 is 10.1 Å². The molecule has 0 unspecified atom stereocenters. The van der Waals surface area contributed by atoms with Gasteiger partial charge in [0.05, 0.1) is 21.3 Å². The third-order valence-electron chi connectivity index (χ3n) is 4.07. The molecule has 0 aliphatic heterocycles. The average Bonchev–Trinajstić information content (AvgIpc) is 3.14. The SMILES string of the molecule is C=CCC(Nc1oc(-c2ccc(OC)cc2)cc1C#N)(C(=O)OC)C(=O)OC. The van der Waals surface area contributed by atoms with Gasteiger partial charge in [-0.1, -0.05) is 6.08 Å². The summed E-state index contributed by atoms with van der Waals surface area (Å²) in [5, 5.41) is 12.1. The molecule has 0 atom stereocenters. The second-order valence-corrected chi connectivity index (χ2v) is 5.70. The van der Waals surface area contributed by atoms with Gasteiger partial charge in [-0.15, -0.1) is 6.58 Å². The normalized spacial score (nSPS) is 10.5. The molecule has 0 spiro atoms. The zero-order valence-electron chi connectivity index (χ0n) is 15.8. The van der Waals surface area contributed by atoms with E-state index in [9.17, 15) is 14.9 Å². The number of furan rings is 1. The Hall–Kier alpha value is -3.73.